The van der Waals surface area contributed by atoms with Crippen molar-refractivity contribution in [2.45, 2.75) is 13.8 Å². The van der Waals surface area contributed by atoms with Crippen LogP contribution in [0.4, 0.5) is 0 Å². The van der Waals surface area contributed by atoms with Crippen LogP contribution in [0.3, 0.4) is 0 Å². The van der Waals surface area contributed by atoms with Crippen molar-refractivity contribution < 1.29 is 29.3 Å². The van der Waals surface area contributed by atoms with E-state index in [4.69, 9.17) is 19.7 Å². The Hall–Kier alpha value is -2.24. The highest BCUT2D eigenvalue weighted by atomic mass is 16.5. The normalized spacial score (nSPS) is 10.9. The molecule has 1 aromatic carbocycles. The number of ether oxygens (including phenoxy) is 2. The highest BCUT2D eigenvalue weighted by Gasteiger charge is 2.29. The van der Waals surface area contributed by atoms with Gasteiger partial charge in [0.1, 0.15) is 23.7 Å². The third kappa shape index (κ3) is 3.61. The van der Waals surface area contributed by atoms with Gasteiger partial charge < -0.3 is 19.7 Å². The number of carboxylic acid groups (broad SMARTS) is 2. The molecule has 0 aliphatic rings. The quantitative estimate of drug-likeness (QED) is 0.818. The molecule has 6 nitrogen and oxygen atoms in total. The Labute approximate surface area is 110 Å². The smallest absolute Gasteiger partial charge is 0.339 e. The van der Waals surface area contributed by atoms with Gasteiger partial charge in [0.15, 0.2) is 0 Å². The summed E-state index contributed by atoms with van der Waals surface area (Å²) >= 11 is 0. The molecular weight excluding hydrogens is 252 g/mol. The van der Waals surface area contributed by atoms with Crippen molar-refractivity contribution in [1.29, 1.82) is 0 Å². The van der Waals surface area contributed by atoms with Crippen molar-refractivity contribution in [3.8, 4) is 11.5 Å². The number of methoxy groups -OCH3 is 1. The lowest BCUT2D eigenvalue weighted by molar-refractivity contribution is -0.148. The van der Waals surface area contributed by atoms with E-state index in [1.54, 1.807) is 0 Å². The number of benzene rings is 1. The maximum absolute atomic E-state index is 11.0. The molecule has 0 amide bonds. The third-order valence-corrected chi connectivity index (χ3v) is 2.59. The Morgan fingerprint density at radius 2 is 1.89 bits per heavy atom. The van der Waals surface area contributed by atoms with Crippen LogP contribution in [0.25, 0.3) is 0 Å². The fourth-order valence-corrected chi connectivity index (χ4v) is 1.25. The van der Waals surface area contributed by atoms with E-state index < -0.39 is 17.4 Å². The van der Waals surface area contributed by atoms with Gasteiger partial charge in [-0.25, -0.2) is 4.79 Å². The van der Waals surface area contributed by atoms with E-state index in [9.17, 15) is 9.59 Å². The van der Waals surface area contributed by atoms with Gasteiger partial charge in [-0.15, -0.1) is 0 Å². The molecule has 6 heteroatoms. The number of hydrogen-bond acceptors (Lipinski definition) is 4. The topological polar surface area (TPSA) is 93.1 Å². The number of hydrogen-bond donors (Lipinski definition) is 2. The van der Waals surface area contributed by atoms with Gasteiger partial charge in [0.2, 0.25) is 0 Å². The summed E-state index contributed by atoms with van der Waals surface area (Å²) in [4.78, 5) is 22.0. The second kappa shape index (κ2) is 5.60. The molecule has 104 valence electrons. The molecule has 0 unspecified atom stereocenters. The Bertz CT molecular complexity index is 492. The van der Waals surface area contributed by atoms with Crippen LogP contribution in [0, 0.1) is 5.41 Å². The predicted octanol–water partition coefficient (Wildman–Crippen LogP) is 1.88. The summed E-state index contributed by atoms with van der Waals surface area (Å²) in [6.07, 6.45) is 0. The van der Waals surface area contributed by atoms with Gasteiger partial charge in [-0.1, -0.05) is 0 Å². The van der Waals surface area contributed by atoms with Crippen molar-refractivity contribution >= 4 is 11.9 Å². The molecule has 1 rings (SSSR count). The first kappa shape index (κ1) is 14.8. The minimum Gasteiger partial charge on any atom is -0.497 e. The summed E-state index contributed by atoms with van der Waals surface area (Å²) in [6.45, 7) is 2.85. The van der Waals surface area contributed by atoms with Crippen LogP contribution in [0.2, 0.25) is 0 Å². The van der Waals surface area contributed by atoms with E-state index in [-0.39, 0.29) is 17.9 Å². The van der Waals surface area contributed by atoms with E-state index >= 15 is 0 Å². The Morgan fingerprint density at radius 1 is 1.26 bits per heavy atom. The van der Waals surface area contributed by atoms with Gasteiger partial charge in [-0.3, -0.25) is 4.79 Å². The molecule has 0 atom stereocenters. The molecule has 0 heterocycles. The van der Waals surface area contributed by atoms with Crippen LogP contribution in [0.15, 0.2) is 18.2 Å². The highest BCUT2D eigenvalue weighted by Crippen LogP contribution is 2.27. The standard InChI is InChI=1S/C13H16O6/c1-13(2,12(16)17)7-19-10-6-8(18-3)4-5-9(10)11(14)15/h4-6H,7H2,1-3H3,(H,14,15)(H,16,17). The van der Waals surface area contributed by atoms with Crippen LogP contribution >= 0.6 is 0 Å². The summed E-state index contributed by atoms with van der Waals surface area (Å²) in [5.74, 6) is -1.65. The van der Waals surface area contributed by atoms with Crippen LogP contribution in [-0.4, -0.2) is 35.9 Å². The average molecular weight is 268 g/mol. The first-order chi connectivity index (χ1) is 8.77. The van der Waals surface area contributed by atoms with E-state index in [0.29, 0.717) is 5.75 Å². The van der Waals surface area contributed by atoms with E-state index in [1.165, 1.54) is 39.2 Å². The minimum atomic E-state index is -1.15. The summed E-state index contributed by atoms with van der Waals surface area (Å²) in [5, 5.41) is 18.0. The summed E-state index contributed by atoms with van der Waals surface area (Å²) in [7, 11) is 1.45. The van der Waals surface area contributed by atoms with Gasteiger partial charge in [0.25, 0.3) is 0 Å². The molecule has 0 spiro atoms. The molecule has 0 fully saturated rings. The van der Waals surface area contributed by atoms with Crippen LogP contribution in [0.1, 0.15) is 24.2 Å². The lowest BCUT2D eigenvalue weighted by atomic mass is 9.95. The van der Waals surface area contributed by atoms with Crippen molar-refractivity contribution in [3.63, 3.8) is 0 Å². The molecular formula is C13H16O6. The zero-order chi connectivity index (χ0) is 14.6. The zero-order valence-electron chi connectivity index (χ0n) is 11.0. The SMILES string of the molecule is COc1ccc(C(=O)O)c(OCC(C)(C)C(=O)O)c1. The van der Waals surface area contributed by atoms with Crippen molar-refractivity contribution in [2.24, 2.45) is 5.41 Å². The lowest BCUT2D eigenvalue weighted by Crippen LogP contribution is -2.31. The van der Waals surface area contributed by atoms with Gasteiger partial charge in [-0.05, 0) is 26.0 Å². The lowest BCUT2D eigenvalue weighted by Gasteiger charge is -2.20. The number of aliphatic carboxylic acids is 1. The Kier molecular flexibility index (Phi) is 4.37. The monoisotopic (exact) mass is 268 g/mol. The molecule has 0 radical (unpaired) electrons. The van der Waals surface area contributed by atoms with E-state index in [0.717, 1.165) is 0 Å². The highest BCUT2D eigenvalue weighted by molar-refractivity contribution is 5.91. The number of rotatable bonds is 6. The van der Waals surface area contributed by atoms with Gasteiger partial charge in [0.05, 0.1) is 12.5 Å². The fraction of sp³-hybridized carbons (Fsp3) is 0.385. The van der Waals surface area contributed by atoms with Gasteiger partial charge in [0, 0.05) is 6.07 Å². The second-order valence-electron chi connectivity index (χ2n) is 4.64. The van der Waals surface area contributed by atoms with Crippen LogP contribution < -0.4 is 9.47 Å². The van der Waals surface area contributed by atoms with Crippen LogP contribution in [0.5, 0.6) is 11.5 Å². The number of carbonyl (C=O) groups is 2. The number of carboxylic acids is 2. The molecule has 0 bridgehead atoms. The molecule has 0 saturated heterocycles. The van der Waals surface area contributed by atoms with Crippen molar-refractivity contribution in [3.05, 3.63) is 23.8 Å². The average Bonchev–Trinajstić information content (AvgIpc) is 2.35. The molecule has 0 aliphatic carbocycles. The van der Waals surface area contributed by atoms with Gasteiger partial charge in [-0.2, -0.15) is 0 Å². The summed E-state index contributed by atoms with van der Waals surface area (Å²) in [6, 6.07) is 4.27. The summed E-state index contributed by atoms with van der Waals surface area (Å²) in [5.41, 5.74) is -1.15. The van der Waals surface area contributed by atoms with Crippen LogP contribution in [-0.2, 0) is 4.79 Å². The maximum Gasteiger partial charge on any atom is 0.339 e. The van der Waals surface area contributed by atoms with E-state index in [2.05, 4.69) is 0 Å². The third-order valence-electron chi connectivity index (χ3n) is 2.59. The van der Waals surface area contributed by atoms with E-state index in [1.807, 2.05) is 0 Å². The molecule has 1 aromatic rings. The number of aromatic carboxylic acids is 1. The van der Waals surface area contributed by atoms with Crippen molar-refractivity contribution in [2.75, 3.05) is 13.7 Å². The molecule has 0 saturated carbocycles. The minimum absolute atomic E-state index is 0.0398. The largest absolute Gasteiger partial charge is 0.497 e. The molecule has 0 aromatic heterocycles. The van der Waals surface area contributed by atoms with Gasteiger partial charge >= 0.3 is 11.9 Å². The molecule has 2 N–H and O–H groups in total. The summed E-state index contributed by atoms with van der Waals surface area (Å²) < 4.78 is 10.3. The Morgan fingerprint density at radius 3 is 2.37 bits per heavy atom. The predicted molar refractivity (Wildman–Crippen MR) is 66.9 cm³/mol. The first-order valence-electron chi connectivity index (χ1n) is 5.55. The van der Waals surface area contributed by atoms with Crippen molar-refractivity contribution in [1.82, 2.24) is 0 Å². The Balaban J connectivity index is 2.98. The zero-order valence-corrected chi connectivity index (χ0v) is 11.0. The molecule has 0 aliphatic heterocycles. The second-order valence-corrected chi connectivity index (χ2v) is 4.64. The maximum atomic E-state index is 11.0. The fourth-order valence-electron chi connectivity index (χ4n) is 1.25. The molecule has 19 heavy (non-hydrogen) atoms. The first-order valence-corrected chi connectivity index (χ1v) is 5.55.